The number of aryl methyl sites for hydroxylation is 1. The van der Waals surface area contributed by atoms with Crippen molar-refractivity contribution in [3.63, 3.8) is 0 Å². The van der Waals surface area contributed by atoms with Gasteiger partial charge in [0.05, 0.1) is 7.11 Å². The minimum absolute atomic E-state index is 0.615. The van der Waals surface area contributed by atoms with E-state index in [4.69, 9.17) is 4.74 Å². The topological polar surface area (TPSA) is 42.4 Å². The molecule has 0 aliphatic heterocycles. The lowest BCUT2D eigenvalue weighted by molar-refractivity contribution is 0.0543. The lowest BCUT2D eigenvalue weighted by Gasteiger charge is -2.34. The summed E-state index contributed by atoms with van der Waals surface area (Å²) in [5.74, 6) is 0.640. The molecule has 1 aliphatic rings. The minimum atomic E-state index is -1.04. The zero-order chi connectivity index (χ0) is 13.3. The van der Waals surface area contributed by atoms with Crippen LogP contribution in [0.5, 0.6) is 5.75 Å². The van der Waals surface area contributed by atoms with Crippen molar-refractivity contribution in [2.24, 2.45) is 0 Å². The molecule has 0 amide bonds. The third kappa shape index (κ3) is 1.90. The summed E-state index contributed by atoms with van der Waals surface area (Å²) in [6.07, 6.45) is 4.34. The molecule has 0 fully saturated rings. The summed E-state index contributed by atoms with van der Waals surface area (Å²) in [5.41, 5.74) is 1.73. The van der Waals surface area contributed by atoms with E-state index in [1.165, 1.54) is 5.56 Å². The number of aliphatic hydroxyl groups is 1. The van der Waals surface area contributed by atoms with E-state index >= 15 is 0 Å². The van der Waals surface area contributed by atoms with Crippen molar-refractivity contribution in [2.75, 3.05) is 7.11 Å². The molecule has 1 aliphatic carbocycles. The van der Waals surface area contributed by atoms with Gasteiger partial charge in [-0.05, 0) is 42.5 Å². The number of hydrogen-bond donors (Lipinski definition) is 1. The Labute approximate surface area is 112 Å². The maximum Gasteiger partial charge on any atom is 0.143 e. The quantitative estimate of drug-likeness (QED) is 0.897. The van der Waals surface area contributed by atoms with E-state index < -0.39 is 5.60 Å². The van der Waals surface area contributed by atoms with E-state index in [2.05, 4.69) is 11.1 Å². The molecule has 3 rings (SSSR count). The van der Waals surface area contributed by atoms with Gasteiger partial charge in [-0.25, -0.2) is 0 Å². The smallest absolute Gasteiger partial charge is 0.143 e. The largest absolute Gasteiger partial charge is 0.495 e. The molecule has 19 heavy (non-hydrogen) atoms. The second-order valence-electron chi connectivity index (χ2n) is 4.93. The Morgan fingerprint density at radius 1 is 1.21 bits per heavy atom. The Bertz CT molecular complexity index is 597. The normalized spacial score (nSPS) is 21.8. The first-order valence-electron chi connectivity index (χ1n) is 6.56. The van der Waals surface area contributed by atoms with E-state index in [1.54, 1.807) is 13.3 Å². The molecule has 1 aromatic heterocycles. The van der Waals surface area contributed by atoms with Gasteiger partial charge in [-0.3, -0.25) is 4.98 Å². The molecule has 1 atom stereocenters. The van der Waals surface area contributed by atoms with Crippen LogP contribution >= 0.6 is 0 Å². The number of ether oxygens (including phenoxy) is 1. The molecule has 0 saturated carbocycles. The molecule has 3 heteroatoms. The summed E-state index contributed by atoms with van der Waals surface area (Å²) in [7, 11) is 1.61. The summed E-state index contributed by atoms with van der Waals surface area (Å²) in [6, 6.07) is 11.7. The van der Waals surface area contributed by atoms with Gasteiger partial charge in [-0.2, -0.15) is 0 Å². The molecule has 1 heterocycles. The Kier molecular flexibility index (Phi) is 2.99. The van der Waals surface area contributed by atoms with Crippen LogP contribution in [0.4, 0.5) is 0 Å². The molecule has 3 nitrogen and oxygen atoms in total. The lowest BCUT2D eigenvalue weighted by Crippen LogP contribution is -2.33. The fourth-order valence-electron chi connectivity index (χ4n) is 2.92. The second-order valence-corrected chi connectivity index (χ2v) is 4.93. The predicted octanol–water partition coefficient (Wildman–Crippen LogP) is 2.66. The molecule has 0 bridgehead atoms. The number of hydrogen-bond acceptors (Lipinski definition) is 3. The van der Waals surface area contributed by atoms with E-state index in [9.17, 15) is 5.11 Å². The average molecular weight is 255 g/mol. The van der Waals surface area contributed by atoms with Crippen molar-refractivity contribution >= 4 is 0 Å². The molecule has 1 N–H and O–H groups in total. The summed E-state index contributed by atoms with van der Waals surface area (Å²) >= 11 is 0. The van der Waals surface area contributed by atoms with Crippen molar-refractivity contribution < 1.29 is 9.84 Å². The summed E-state index contributed by atoms with van der Waals surface area (Å²) < 4.78 is 5.36. The number of benzene rings is 1. The highest BCUT2D eigenvalue weighted by atomic mass is 16.5. The number of rotatable bonds is 2. The first-order valence-corrected chi connectivity index (χ1v) is 6.56. The van der Waals surface area contributed by atoms with Crippen LogP contribution in [0.25, 0.3) is 0 Å². The van der Waals surface area contributed by atoms with Gasteiger partial charge in [0.15, 0.2) is 0 Å². The van der Waals surface area contributed by atoms with E-state index in [0.717, 1.165) is 18.4 Å². The zero-order valence-electron chi connectivity index (χ0n) is 11.0. The molecule has 0 radical (unpaired) electrons. The lowest BCUT2D eigenvalue weighted by atomic mass is 9.77. The van der Waals surface area contributed by atoms with Crippen LogP contribution in [0.3, 0.4) is 0 Å². The van der Waals surface area contributed by atoms with E-state index in [0.29, 0.717) is 17.9 Å². The van der Waals surface area contributed by atoms with Crippen LogP contribution in [-0.4, -0.2) is 17.2 Å². The third-order valence-electron chi connectivity index (χ3n) is 3.83. The number of pyridine rings is 1. The Morgan fingerprint density at radius 3 is 2.89 bits per heavy atom. The van der Waals surface area contributed by atoms with Gasteiger partial charge in [0, 0.05) is 6.20 Å². The van der Waals surface area contributed by atoms with Crippen molar-refractivity contribution in [2.45, 2.75) is 24.9 Å². The number of methoxy groups -OCH3 is 1. The molecule has 0 saturated heterocycles. The van der Waals surface area contributed by atoms with Crippen molar-refractivity contribution in [1.82, 2.24) is 4.98 Å². The summed E-state index contributed by atoms with van der Waals surface area (Å²) in [6.45, 7) is 0. The van der Waals surface area contributed by atoms with Crippen LogP contribution in [0.2, 0.25) is 0 Å². The Balaban J connectivity index is 2.19. The fourth-order valence-corrected chi connectivity index (χ4v) is 2.92. The maximum atomic E-state index is 11.2. The second kappa shape index (κ2) is 4.67. The average Bonchev–Trinajstić information content (AvgIpc) is 2.48. The van der Waals surface area contributed by atoms with Gasteiger partial charge in [0.25, 0.3) is 0 Å². The van der Waals surface area contributed by atoms with Crippen molar-refractivity contribution in [3.8, 4) is 5.75 Å². The monoisotopic (exact) mass is 255 g/mol. The van der Waals surface area contributed by atoms with Crippen LogP contribution in [0.1, 0.15) is 29.7 Å². The molecule has 1 unspecified atom stereocenters. The van der Waals surface area contributed by atoms with Gasteiger partial charge < -0.3 is 9.84 Å². The van der Waals surface area contributed by atoms with Crippen molar-refractivity contribution in [1.29, 1.82) is 0 Å². The first-order chi connectivity index (χ1) is 9.25. The van der Waals surface area contributed by atoms with Gasteiger partial charge in [-0.15, -0.1) is 0 Å². The van der Waals surface area contributed by atoms with Gasteiger partial charge in [-0.1, -0.05) is 24.3 Å². The highest BCUT2D eigenvalue weighted by Gasteiger charge is 2.39. The van der Waals surface area contributed by atoms with Crippen molar-refractivity contribution in [3.05, 3.63) is 59.4 Å². The van der Waals surface area contributed by atoms with Crippen LogP contribution in [-0.2, 0) is 12.0 Å². The third-order valence-corrected chi connectivity index (χ3v) is 3.83. The molecule has 1 aromatic carbocycles. The van der Waals surface area contributed by atoms with E-state index in [-0.39, 0.29) is 0 Å². The van der Waals surface area contributed by atoms with Crippen LogP contribution in [0.15, 0.2) is 42.6 Å². The Hall–Kier alpha value is -1.87. The zero-order valence-corrected chi connectivity index (χ0v) is 11.0. The molecule has 98 valence electrons. The maximum absolute atomic E-state index is 11.2. The van der Waals surface area contributed by atoms with E-state index in [1.807, 2.05) is 30.3 Å². The number of nitrogens with zero attached hydrogens (tertiary/aromatic N) is 1. The molecule has 2 aromatic rings. The fraction of sp³-hybridized carbons (Fsp3) is 0.312. The standard InChI is InChI=1S/C16H17NO2/c1-19-14-9-5-11-17-15(14)16(18)10-4-7-12-6-2-3-8-13(12)16/h2-3,5-6,8-9,11,18H,4,7,10H2,1H3. The first kappa shape index (κ1) is 12.2. The van der Waals surface area contributed by atoms with Gasteiger partial charge >= 0.3 is 0 Å². The number of aromatic nitrogens is 1. The SMILES string of the molecule is COc1cccnc1C1(O)CCCc2ccccc21. The minimum Gasteiger partial charge on any atom is -0.495 e. The summed E-state index contributed by atoms with van der Waals surface area (Å²) in [4.78, 5) is 4.37. The number of fused-ring (bicyclic) bond motifs is 1. The summed E-state index contributed by atoms with van der Waals surface area (Å²) in [5, 5.41) is 11.2. The molecular weight excluding hydrogens is 238 g/mol. The highest BCUT2D eigenvalue weighted by Crippen LogP contribution is 2.42. The van der Waals surface area contributed by atoms with Crippen LogP contribution in [0, 0.1) is 0 Å². The molecular formula is C16H17NO2. The Morgan fingerprint density at radius 2 is 2.05 bits per heavy atom. The van der Waals surface area contributed by atoms with Crippen LogP contribution < -0.4 is 4.74 Å². The van der Waals surface area contributed by atoms with Gasteiger partial charge in [0.1, 0.15) is 17.0 Å². The molecule has 0 spiro atoms. The van der Waals surface area contributed by atoms with Gasteiger partial charge in [0.2, 0.25) is 0 Å². The predicted molar refractivity (Wildman–Crippen MR) is 73.2 cm³/mol. The highest BCUT2D eigenvalue weighted by molar-refractivity contribution is 5.45.